The van der Waals surface area contributed by atoms with E-state index in [4.69, 9.17) is 4.74 Å². The molecule has 0 N–H and O–H groups in total. The van der Waals surface area contributed by atoms with Gasteiger partial charge in [0.2, 0.25) is 0 Å². The van der Waals surface area contributed by atoms with Gasteiger partial charge in [0, 0.05) is 4.70 Å². The Morgan fingerprint density at radius 1 is 1.44 bits per heavy atom. The van der Waals surface area contributed by atoms with Gasteiger partial charge in [-0.3, -0.25) is 0 Å². The fourth-order valence-corrected chi connectivity index (χ4v) is 2.44. The van der Waals surface area contributed by atoms with Crippen LogP contribution in [-0.2, 0) is 9.53 Å². The number of benzene rings is 1. The summed E-state index contributed by atoms with van der Waals surface area (Å²) in [5.41, 5.74) is 1.45. The van der Waals surface area contributed by atoms with Gasteiger partial charge in [-0.2, -0.15) is 0 Å². The monoisotopic (exact) mass is 258 g/mol. The Kier molecular flexibility index (Phi) is 3.95. The maximum Gasteiger partial charge on any atom is 0.338 e. The Hall–Kier alpha value is -1.87. The van der Waals surface area contributed by atoms with E-state index in [0.29, 0.717) is 12.2 Å². The van der Waals surface area contributed by atoms with Crippen molar-refractivity contribution in [3.8, 4) is 0 Å². The lowest BCUT2D eigenvalue weighted by Gasteiger charge is -2.02. The largest absolute Gasteiger partial charge is 0.462 e. The number of carbonyl (C=O) groups is 1. The van der Waals surface area contributed by atoms with E-state index in [1.807, 2.05) is 6.07 Å². The highest BCUT2D eigenvalue weighted by Gasteiger charge is 2.06. The molecule has 0 spiro atoms. The molecule has 0 amide bonds. The van der Waals surface area contributed by atoms with Crippen LogP contribution >= 0.6 is 11.3 Å². The third-order valence-electron chi connectivity index (χ3n) is 2.53. The van der Waals surface area contributed by atoms with Crippen molar-refractivity contribution in [2.24, 2.45) is 0 Å². The minimum absolute atomic E-state index is 0.335. The minimum atomic E-state index is -0.335. The third-order valence-corrected chi connectivity index (χ3v) is 3.43. The highest BCUT2D eigenvalue weighted by Crippen LogP contribution is 2.23. The average molecular weight is 258 g/mol. The van der Waals surface area contributed by atoms with E-state index >= 15 is 0 Å². The Bertz CT molecular complexity index is 608. The van der Waals surface area contributed by atoms with Crippen molar-refractivity contribution in [1.82, 2.24) is 0 Å². The topological polar surface area (TPSA) is 26.3 Å². The first-order chi connectivity index (χ1) is 8.74. The van der Waals surface area contributed by atoms with Crippen LogP contribution < -0.4 is 0 Å². The van der Waals surface area contributed by atoms with Crippen LogP contribution in [0.25, 0.3) is 16.2 Å². The van der Waals surface area contributed by atoms with Crippen molar-refractivity contribution in [1.29, 1.82) is 0 Å². The molecule has 0 fully saturated rings. The molecular weight excluding hydrogens is 244 g/mol. The van der Waals surface area contributed by atoms with Gasteiger partial charge >= 0.3 is 5.97 Å². The van der Waals surface area contributed by atoms with Crippen LogP contribution in [-0.4, -0.2) is 12.6 Å². The highest BCUT2D eigenvalue weighted by atomic mass is 32.1. The molecule has 1 aromatic carbocycles. The van der Waals surface area contributed by atoms with E-state index in [1.54, 1.807) is 24.3 Å². The number of hydrogen-bond acceptors (Lipinski definition) is 3. The Balaban J connectivity index is 2.34. The second-order valence-corrected chi connectivity index (χ2v) is 4.69. The Morgan fingerprint density at radius 3 is 3.00 bits per heavy atom. The molecule has 1 heterocycles. The summed E-state index contributed by atoms with van der Waals surface area (Å²) >= 11 is 1.70. The molecule has 92 valence electrons. The van der Waals surface area contributed by atoms with Crippen molar-refractivity contribution < 1.29 is 9.53 Å². The van der Waals surface area contributed by atoms with Gasteiger partial charge in [0.1, 0.15) is 0 Å². The number of esters is 1. The van der Waals surface area contributed by atoms with Crippen LogP contribution in [0.3, 0.4) is 0 Å². The lowest BCUT2D eigenvalue weighted by Crippen LogP contribution is -2.05. The summed E-state index contributed by atoms with van der Waals surface area (Å²) in [6.45, 7) is 5.80. The molecule has 0 aliphatic carbocycles. The van der Waals surface area contributed by atoms with E-state index in [-0.39, 0.29) is 5.97 Å². The first-order valence-electron chi connectivity index (χ1n) is 5.73. The third kappa shape index (κ3) is 2.68. The number of hydrogen-bond donors (Lipinski definition) is 0. The summed E-state index contributed by atoms with van der Waals surface area (Å²) in [5, 5.41) is 3.23. The second kappa shape index (κ2) is 5.65. The minimum Gasteiger partial charge on any atom is -0.462 e. The summed E-state index contributed by atoms with van der Waals surface area (Å²) in [6.07, 6.45) is 3.32. The summed E-state index contributed by atoms with van der Waals surface area (Å²) < 4.78 is 6.20. The molecule has 0 unspecified atom stereocenters. The van der Waals surface area contributed by atoms with Crippen molar-refractivity contribution in [3.05, 3.63) is 53.4 Å². The van der Waals surface area contributed by atoms with Crippen LogP contribution in [0.5, 0.6) is 0 Å². The standard InChI is InChI=1S/C15H14O2S/c1-3-12(15(16)17-4-2)9-11-5-6-14-13(10-11)7-8-18-14/h3,5-10H,1,4H2,2H3/b12-9+. The number of carbonyl (C=O) groups excluding carboxylic acids is 1. The van der Waals surface area contributed by atoms with Gasteiger partial charge in [-0.05, 0) is 47.5 Å². The summed E-state index contributed by atoms with van der Waals surface area (Å²) in [5.74, 6) is -0.335. The highest BCUT2D eigenvalue weighted by molar-refractivity contribution is 7.17. The number of thiophene rings is 1. The van der Waals surface area contributed by atoms with E-state index in [0.717, 1.165) is 5.56 Å². The van der Waals surface area contributed by atoms with Crippen molar-refractivity contribution in [3.63, 3.8) is 0 Å². The van der Waals surface area contributed by atoms with Gasteiger partial charge < -0.3 is 4.74 Å². The zero-order valence-electron chi connectivity index (χ0n) is 10.2. The Morgan fingerprint density at radius 2 is 2.28 bits per heavy atom. The first kappa shape index (κ1) is 12.6. The fraction of sp³-hybridized carbons (Fsp3) is 0.133. The molecule has 18 heavy (non-hydrogen) atoms. The zero-order chi connectivity index (χ0) is 13.0. The normalized spacial score (nSPS) is 11.5. The van der Waals surface area contributed by atoms with Crippen LogP contribution in [0.2, 0.25) is 0 Å². The average Bonchev–Trinajstić information content (AvgIpc) is 2.83. The van der Waals surface area contributed by atoms with Gasteiger partial charge in [0.25, 0.3) is 0 Å². The molecule has 0 aliphatic rings. The van der Waals surface area contributed by atoms with Gasteiger partial charge in [0.05, 0.1) is 12.2 Å². The predicted molar refractivity (Wildman–Crippen MR) is 76.6 cm³/mol. The molecule has 2 nitrogen and oxygen atoms in total. The summed E-state index contributed by atoms with van der Waals surface area (Å²) in [6, 6.07) is 8.16. The molecule has 0 saturated carbocycles. The van der Waals surface area contributed by atoms with E-state index < -0.39 is 0 Å². The Labute approximate surface area is 110 Å². The van der Waals surface area contributed by atoms with Gasteiger partial charge in [0.15, 0.2) is 0 Å². The van der Waals surface area contributed by atoms with Gasteiger partial charge in [-0.25, -0.2) is 4.79 Å². The smallest absolute Gasteiger partial charge is 0.338 e. The molecule has 3 heteroatoms. The first-order valence-corrected chi connectivity index (χ1v) is 6.61. The van der Waals surface area contributed by atoms with Crippen LogP contribution in [0.15, 0.2) is 47.9 Å². The number of fused-ring (bicyclic) bond motifs is 1. The van der Waals surface area contributed by atoms with Crippen LogP contribution in [0.1, 0.15) is 12.5 Å². The lowest BCUT2D eigenvalue weighted by molar-refractivity contribution is -0.138. The lowest BCUT2D eigenvalue weighted by atomic mass is 10.1. The summed E-state index contributed by atoms with van der Waals surface area (Å²) in [4.78, 5) is 11.6. The maximum atomic E-state index is 11.6. The predicted octanol–water partition coefficient (Wildman–Crippen LogP) is 4.03. The molecule has 2 rings (SSSR count). The van der Waals surface area contributed by atoms with E-state index in [1.165, 1.54) is 16.2 Å². The maximum absolute atomic E-state index is 11.6. The molecule has 0 saturated heterocycles. The van der Waals surface area contributed by atoms with Crippen LogP contribution in [0, 0.1) is 0 Å². The molecule has 2 aromatic rings. The number of ether oxygens (including phenoxy) is 1. The van der Waals surface area contributed by atoms with E-state index in [9.17, 15) is 4.79 Å². The molecule has 0 radical (unpaired) electrons. The second-order valence-electron chi connectivity index (χ2n) is 3.74. The van der Waals surface area contributed by atoms with Crippen molar-refractivity contribution >= 4 is 33.5 Å². The number of rotatable bonds is 4. The molecule has 0 atom stereocenters. The fourth-order valence-electron chi connectivity index (χ4n) is 1.67. The van der Waals surface area contributed by atoms with Gasteiger partial charge in [-0.15, -0.1) is 11.3 Å². The SMILES string of the molecule is C=C/C(=C\c1ccc2sccc2c1)C(=O)OCC. The quantitative estimate of drug-likeness (QED) is 0.470. The molecule has 1 aromatic heterocycles. The molecule has 0 bridgehead atoms. The van der Waals surface area contributed by atoms with Gasteiger partial charge in [-0.1, -0.05) is 18.7 Å². The van der Waals surface area contributed by atoms with Crippen LogP contribution in [0.4, 0.5) is 0 Å². The zero-order valence-corrected chi connectivity index (χ0v) is 11.0. The van der Waals surface area contributed by atoms with Crippen molar-refractivity contribution in [2.75, 3.05) is 6.61 Å². The summed E-state index contributed by atoms with van der Waals surface area (Å²) in [7, 11) is 0. The van der Waals surface area contributed by atoms with Crippen molar-refractivity contribution in [2.45, 2.75) is 6.92 Å². The molecule has 0 aliphatic heterocycles. The molecular formula is C15H14O2S. The van der Waals surface area contributed by atoms with E-state index in [2.05, 4.69) is 30.2 Å².